The number of halogens is 3. The molecular weight excluding hydrogens is 342 g/mol. The van der Waals surface area contributed by atoms with Crippen LogP contribution in [0.2, 0.25) is 5.02 Å². The third-order valence-corrected chi connectivity index (χ3v) is 3.25. The highest BCUT2D eigenvalue weighted by atomic mass is 35.5. The van der Waals surface area contributed by atoms with Gasteiger partial charge >= 0.3 is 0 Å². The van der Waals surface area contributed by atoms with Crippen molar-refractivity contribution in [3.63, 3.8) is 0 Å². The molecule has 0 fully saturated rings. The molecule has 3 rings (SSSR count). The van der Waals surface area contributed by atoms with Crippen LogP contribution in [0.25, 0.3) is 11.4 Å². The van der Waals surface area contributed by atoms with Crippen LogP contribution in [0.3, 0.4) is 0 Å². The molecule has 0 radical (unpaired) electrons. The maximum Gasteiger partial charge on any atom is 0.273 e. The number of nitrogens with zero attached hydrogens (tertiary/aromatic N) is 3. The monoisotopic (exact) mass is 350 g/mol. The Balaban J connectivity index is 1.67. The topological polar surface area (TPSA) is 80.9 Å². The minimum atomic E-state index is -1.06. The summed E-state index contributed by atoms with van der Waals surface area (Å²) in [6.07, 6.45) is 0.753. The van der Waals surface area contributed by atoms with E-state index in [0.717, 1.165) is 6.20 Å². The van der Waals surface area contributed by atoms with Crippen LogP contribution in [-0.2, 0) is 6.54 Å². The molecule has 0 spiro atoms. The zero-order valence-corrected chi connectivity index (χ0v) is 12.7. The van der Waals surface area contributed by atoms with Crippen molar-refractivity contribution in [3.05, 3.63) is 64.8 Å². The first-order valence-electron chi connectivity index (χ1n) is 6.70. The first-order valence-corrected chi connectivity index (χ1v) is 7.08. The van der Waals surface area contributed by atoms with E-state index in [9.17, 15) is 13.6 Å². The number of hydrogen-bond donors (Lipinski definition) is 1. The molecule has 0 saturated heterocycles. The lowest BCUT2D eigenvalue weighted by Crippen LogP contribution is -2.25. The van der Waals surface area contributed by atoms with E-state index in [1.807, 2.05) is 0 Å². The maximum atomic E-state index is 13.5. The fourth-order valence-electron chi connectivity index (χ4n) is 1.86. The van der Waals surface area contributed by atoms with Gasteiger partial charge in [0, 0.05) is 16.7 Å². The van der Waals surface area contributed by atoms with Gasteiger partial charge in [0.25, 0.3) is 5.91 Å². The van der Waals surface area contributed by atoms with Crippen LogP contribution >= 0.6 is 11.6 Å². The summed E-state index contributed by atoms with van der Waals surface area (Å²) < 4.78 is 31.2. The first-order chi connectivity index (χ1) is 11.5. The van der Waals surface area contributed by atoms with Gasteiger partial charge in [-0.15, -0.1) is 0 Å². The highest BCUT2D eigenvalue weighted by Crippen LogP contribution is 2.18. The number of amides is 1. The average Bonchev–Trinajstić information content (AvgIpc) is 3.02. The molecule has 2 aromatic heterocycles. The zero-order chi connectivity index (χ0) is 17.1. The number of carbonyl (C=O) groups excluding carboxylic acids is 1. The van der Waals surface area contributed by atoms with Crippen molar-refractivity contribution in [1.82, 2.24) is 20.4 Å². The number of carbonyl (C=O) groups is 1. The molecule has 0 aliphatic rings. The summed E-state index contributed by atoms with van der Waals surface area (Å²) in [6.45, 7) is -0.127. The molecule has 1 aromatic carbocycles. The number of rotatable bonds is 4. The minimum absolute atomic E-state index is 0.121. The molecule has 0 saturated carbocycles. The molecule has 0 aliphatic heterocycles. The highest BCUT2D eigenvalue weighted by molar-refractivity contribution is 6.30. The first kappa shape index (κ1) is 16.0. The summed E-state index contributed by atoms with van der Waals surface area (Å²) in [5.74, 6) is -2.30. The van der Waals surface area contributed by atoms with Crippen molar-refractivity contribution < 1.29 is 18.1 Å². The van der Waals surface area contributed by atoms with E-state index in [-0.39, 0.29) is 12.4 Å². The summed E-state index contributed by atoms with van der Waals surface area (Å²) >= 11 is 5.80. The Morgan fingerprint density at radius 1 is 1.25 bits per heavy atom. The van der Waals surface area contributed by atoms with Crippen molar-refractivity contribution in [2.45, 2.75) is 6.54 Å². The Kier molecular flexibility index (Phi) is 4.48. The van der Waals surface area contributed by atoms with Crippen LogP contribution in [0.15, 0.2) is 41.1 Å². The van der Waals surface area contributed by atoms with Gasteiger partial charge in [-0.05, 0) is 24.3 Å². The molecule has 3 aromatic rings. The maximum absolute atomic E-state index is 13.5. The molecule has 122 valence electrons. The summed E-state index contributed by atoms with van der Waals surface area (Å²) in [5, 5.41) is 6.72. The van der Waals surface area contributed by atoms with Crippen LogP contribution in [0.5, 0.6) is 0 Å². The Morgan fingerprint density at radius 2 is 2.00 bits per heavy atom. The van der Waals surface area contributed by atoms with Gasteiger partial charge < -0.3 is 9.84 Å². The van der Waals surface area contributed by atoms with E-state index in [4.69, 9.17) is 16.1 Å². The van der Waals surface area contributed by atoms with Gasteiger partial charge in [0.1, 0.15) is 5.82 Å². The van der Waals surface area contributed by atoms with Crippen LogP contribution in [0, 0.1) is 11.6 Å². The predicted octanol–water partition coefficient (Wildman–Crippen LogP) is 2.99. The zero-order valence-electron chi connectivity index (χ0n) is 12.0. The van der Waals surface area contributed by atoms with Crippen LogP contribution in [0.1, 0.15) is 16.4 Å². The molecular formula is C15H9ClF2N4O2. The number of nitrogens with one attached hydrogen (secondary N) is 1. The second kappa shape index (κ2) is 6.71. The van der Waals surface area contributed by atoms with Crippen LogP contribution < -0.4 is 5.32 Å². The fourth-order valence-corrected chi connectivity index (χ4v) is 1.99. The fraction of sp³-hybridized carbons (Fsp3) is 0.0667. The van der Waals surface area contributed by atoms with Gasteiger partial charge in [0.15, 0.2) is 11.5 Å². The quantitative estimate of drug-likeness (QED) is 0.782. The van der Waals surface area contributed by atoms with E-state index >= 15 is 0 Å². The lowest BCUT2D eigenvalue weighted by molar-refractivity contribution is 0.0936. The Labute approximate surface area is 139 Å². The second-order valence-electron chi connectivity index (χ2n) is 4.69. The van der Waals surface area contributed by atoms with Crippen molar-refractivity contribution in [2.24, 2.45) is 0 Å². The number of pyridine rings is 1. The third-order valence-electron chi connectivity index (χ3n) is 2.99. The van der Waals surface area contributed by atoms with Crippen LogP contribution in [0.4, 0.5) is 8.78 Å². The van der Waals surface area contributed by atoms with Crippen molar-refractivity contribution in [1.29, 1.82) is 0 Å². The molecule has 0 atom stereocenters. The molecule has 24 heavy (non-hydrogen) atoms. The largest absolute Gasteiger partial charge is 0.342 e. The molecule has 0 aliphatic carbocycles. The number of benzene rings is 1. The summed E-state index contributed by atoms with van der Waals surface area (Å²) in [5.41, 5.74) is 0.167. The average molecular weight is 351 g/mol. The van der Waals surface area contributed by atoms with Gasteiger partial charge in [-0.3, -0.25) is 4.79 Å². The summed E-state index contributed by atoms with van der Waals surface area (Å²) in [4.78, 5) is 19.3. The van der Waals surface area contributed by atoms with E-state index < -0.39 is 23.2 Å². The number of aromatic nitrogens is 3. The normalized spacial score (nSPS) is 10.6. The summed E-state index contributed by atoms with van der Waals surface area (Å²) in [6, 6.07) is 7.36. The molecule has 0 unspecified atom stereocenters. The molecule has 2 heterocycles. The summed E-state index contributed by atoms with van der Waals surface area (Å²) in [7, 11) is 0. The molecule has 0 bridgehead atoms. The van der Waals surface area contributed by atoms with E-state index in [1.165, 1.54) is 0 Å². The standard InChI is InChI=1S/C15H9ClF2N4O2/c16-9-3-1-8(2-4-9)14-21-12(24-22-14)7-20-15(23)13-11(18)5-10(17)6-19-13/h1-6H,7H2,(H,20,23). The Morgan fingerprint density at radius 3 is 2.71 bits per heavy atom. The van der Waals surface area contributed by atoms with Crippen molar-refractivity contribution in [2.75, 3.05) is 0 Å². The highest BCUT2D eigenvalue weighted by Gasteiger charge is 2.16. The van der Waals surface area contributed by atoms with E-state index in [0.29, 0.717) is 22.5 Å². The SMILES string of the molecule is O=C(NCc1nc(-c2ccc(Cl)cc2)no1)c1ncc(F)cc1F. The predicted molar refractivity (Wildman–Crippen MR) is 80.1 cm³/mol. The lowest BCUT2D eigenvalue weighted by Gasteiger charge is -2.02. The lowest BCUT2D eigenvalue weighted by atomic mass is 10.2. The third kappa shape index (κ3) is 3.54. The molecule has 1 N–H and O–H groups in total. The van der Waals surface area contributed by atoms with Gasteiger partial charge in [-0.1, -0.05) is 16.8 Å². The van der Waals surface area contributed by atoms with Crippen molar-refractivity contribution in [3.8, 4) is 11.4 Å². The van der Waals surface area contributed by atoms with E-state index in [2.05, 4.69) is 20.4 Å². The van der Waals surface area contributed by atoms with Gasteiger partial charge in [-0.2, -0.15) is 4.98 Å². The van der Waals surface area contributed by atoms with Gasteiger partial charge in [0.05, 0.1) is 12.7 Å². The molecule has 9 heteroatoms. The Hall–Kier alpha value is -2.87. The minimum Gasteiger partial charge on any atom is -0.342 e. The number of hydrogen-bond acceptors (Lipinski definition) is 5. The second-order valence-corrected chi connectivity index (χ2v) is 5.12. The smallest absolute Gasteiger partial charge is 0.273 e. The molecule has 6 nitrogen and oxygen atoms in total. The molecule has 1 amide bonds. The van der Waals surface area contributed by atoms with Crippen LogP contribution in [-0.4, -0.2) is 21.0 Å². The van der Waals surface area contributed by atoms with Gasteiger partial charge in [-0.25, -0.2) is 13.8 Å². The Bertz CT molecular complexity index is 883. The van der Waals surface area contributed by atoms with E-state index in [1.54, 1.807) is 24.3 Å². The van der Waals surface area contributed by atoms with Gasteiger partial charge in [0.2, 0.25) is 11.7 Å². The van der Waals surface area contributed by atoms with Crippen molar-refractivity contribution >= 4 is 17.5 Å².